The van der Waals surface area contributed by atoms with Crippen molar-refractivity contribution in [2.24, 2.45) is 12.8 Å². The minimum absolute atomic E-state index is 0.0363. The minimum atomic E-state index is -0.649. The molecule has 8 heteroatoms. The van der Waals surface area contributed by atoms with Gasteiger partial charge in [0.1, 0.15) is 0 Å². The molecule has 1 amide bonds. The van der Waals surface area contributed by atoms with Crippen molar-refractivity contribution in [3.05, 3.63) is 41.7 Å². The number of benzene rings is 1. The van der Waals surface area contributed by atoms with Gasteiger partial charge >= 0.3 is 0 Å². The van der Waals surface area contributed by atoms with E-state index in [2.05, 4.69) is 15.7 Å². The summed E-state index contributed by atoms with van der Waals surface area (Å²) < 4.78 is 1.46. The molecule has 1 aromatic heterocycles. The summed E-state index contributed by atoms with van der Waals surface area (Å²) >= 11 is 5.19. The van der Waals surface area contributed by atoms with Gasteiger partial charge in [-0.15, -0.1) is 0 Å². The highest BCUT2D eigenvalue weighted by Crippen LogP contribution is 2.15. The largest absolute Gasteiger partial charge is 0.364 e. The number of aryl methyl sites for hydroxylation is 1. The van der Waals surface area contributed by atoms with Gasteiger partial charge in [0.2, 0.25) is 0 Å². The summed E-state index contributed by atoms with van der Waals surface area (Å²) in [5, 5.41) is 10.0. The standard InChI is InChI=1S/C14H15N5O2S/c1-8(20)9-4-3-5-10(6-9)16-14(22)17-11-7-19(2)18-12(11)13(15)21/h3-7H,1-2H3,(H2,15,21)(H2,16,17,22). The lowest BCUT2D eigenvalue weighted by Crippen LogP contribution is -2.22. The summed E-state index contributed by atoms with van der Waals surface area (Å²) in [5.41, 5.74) is 7.00. The second-order valence-electron chi connectivity index (χ2n) is 4.65. The van der Waals surface area contributed by atoms with Crippen LogP contribution in [-0.4, -0.2) is 26.6 Å². The lowest BCUT2D eigenvalue weighted by atomic mass is 10.1. The SMILES string of the molecule is CC(=O)c1cccc(NC(=S)Nc2cn(C)nc2C(N)=O)c1. The number of anilines is 2. The quantitative estimate of drug-likeness (QED) is 0.584. The van der Waals surface area contributed by atoms with Gasteiger partial charge in [-0.05, 0) is 31.3 Å². The molecule has 1 heterocycles. The van der Waals surface area contributed by atoms with E-state index in [-0.39, 0.29) is 16.6 Å². The number of ketones is 1. The Morgan fingerprint density at radius 1 is 1.32 bits per heavy atom. The molecule has 7 nitrogen and oxygen atoms in total. The molecule has 0 fully saturated rings. The average Bonchev–Trinajstić information content (AvgIpc) is 2.79. The molecule has 2 aromatic rings. The topological polar surface area (TPSA) is 102 Å². The Labute approximate surface area is 132 Å². The number of thiocarbonyl (C=S) groups is 1. The van der Waals surface area contributed by atoms with E-state index < -0.39 is 5.91 Å². The Morgan fingerprint density at radius 2 is 2.05 bits per heavy atom. The smallest absolute Gasteiger partial charge is 0.271 e. The zero-order valence-electron chi connectivity index (χ0n) is 12.1. The van der Waals surface area contributed by atoms with E-state index in [4.69, 9.17) is 18.0 Å². The molecule has 0 radical (unpaired) electrons. The van der Waals surface area contributed by atoms with Crippen LogP contribution >= 0.6 is 12.2 Å². The van der Waals surface area contributed by atoms with Crippen molar-refractivity contribution in [1.29, 1.82) is 0 Å². The maximum absolute atomic E-state index is 11.4. The van der Waals surface area contributed by atoms with Gasteiger partial charge < -0.3 is 16.4 Å². The highest BCUT2D eigenvalue weighted by Gasteiger charge is 2.14. The number of amides is 1. The molecule has 0 aliphatic rings. The number of nitrogens with two attached hydrogens (primary N) is 1. The first-order valence-electron chi connectivity index (χ1n) is 6.39. The Kier molecular flexibility index (Phi) is 4.52. The molecule has 22 heavy (non-hydrogen) atoms. The second kappa shape index (κ2) is 6.35. The van der Waals surface area contributed by atoms with Crippen LogP contribution in [0.3, 0.4) is 0 Å². The third-order valence-electron chi connectivity index (χ3n) is 2.84. The summed E-state index contributed by atoms with van der Waals surface area (Å²) in [4.78, 5) is 22.7. The molecule has 0 bridgehead atoms. The maximum atomic E-state index is 11.4. The van der Waals surface area contributed by atoms with Gasteiger partial charge in [-0.1, -0.05) is 12.1 Å². The Balaban J connectivity index is 2.12. The van der Waals surface area contributed by atoms with E-state index in [0.29, 0.717) is 16.9 Å². The van der Waals surface area contributed by atoms with Gasteiger partial charge in [-0.25, -0.2) is 0 Å². The van der Waals surface area contributed by atoms with Crippen molar-refractivity contribution in [2.75, 3.05) is 10.6 Å². The van der Waals surface area contributed by atoms with Crippen LogP contribution in [0.1, 0.15) is 27.8 Å². The molecule has 0 spiro atoms. The number of rotatable bonds is 4. The number of hydrogen-bond acceptors (Lipinski definition) is 4. The van der Waals surface area contributed by atoms with E-state index in [0.717, 1.165) is 0 Å². The first-order valence-corrected chi connectivity index (χ1v) is 6.80. The van der Waals surface area contributed by atoms with Gasteiger partial charge in [0.15, 0.2) is 16.6 Å². The second-order valence-corrected chi connectivity index (χ2v) is 5.05. The van der Waals surface area contributed by atoms with E-state index in [9.17, 15) is 9.59 Å². The summed E-state index contributed by atoms with van der Waals surface area (Å²) in [5.74, 6) is -0.685. The number of aromatic nitrogens is 2. The van der Waals surface area contributed by atoms with Crippen LogP contribution in [0.4, 0.5) is 11.4 Å². The van der Waals surface area contributed by atoms with Crippen LogP contribution in [0.15, 0.2) is 30.5 Å². The van der Waals surface area contributed by atoms with Crippen molar-refractivity contribution in [2.45, 2.75) is 6.92 Å². The van der Waals surface area contributed by atoms with Crippen molar-refractivity contribution in [1.82, 2.24) is 9.78 Å². The number of Topliss-reactive ketones (excluding diaryl/α,β-unsaturated/α-hetero) is 1. The molecule has 2 rings (SSSR count). The molecular weight excluding hydrogens is 302 g/mol. The number of carbonyl (C=O) groups excluding carboxylic acids is 2. The van der Waals surface area contributed by atoms with Gasteiger partial charge in [0.05, 0.1) is 5.69 Å². The predicted octanol–water partition coefficient (Wildman–Crippen LogP) is 1.53. The predicted molar refractivity (Wildman–Crippen MR) is 88.0 cm³/mol. The van der Waals surface area contributed by atoms with Crippen LogP contribution in [-0.2, 0) is 7.05 Å². The van der Waals surface area contributed by atoms with E-state index in [1.54, 1.807) is 37.5 Å². The summed E-state index contributed by atoms with van der Waals surface area (Å²) in [6.45, 7) is 1.49. The van der Waals surface area contributed by atoms with Crippen molar-refractivity contribution in [3.8, 4) is 0 Å². The summed E-state index contributed by atoms with van der Waals surface area (Å²) in [6.07, 6.45) is 1.60. The van der Waals surface area contributed by atoms with Crippen LogP contribution in [0.25, 0.3) is 0 Å². The molecule has 0 saturated heterocycles. The van der Waals surface area contributed by atoms with Gasteiger partial charge in [0, 0.05) is 24.5 Å². The van der Waals surface area contributed by atoms with Gasteiger partial charge in [-0.3, -0.25) is 14.3 Å². The number of nitrogens with zero attached hydrogens (tertiary/aromatic N) is 2. The van der Waals surface area contributed by atoms with Crippen LogP contribution < -0.4 is 16.4 Å². The minimum Gasteiger partial charge on any atom is -0.364 e. The maximum Gasteiger partial charge on any atom is 0.271 e. The lowest BCUT2D eigenvalue weighted by molar-refractivity contribution is 0.0992. The van der Waals surface area contributed by atoms with Crippen molar-refractivity contribution in [3.63, 3.8) is 0 Å². The monoisotopic (exact) mass is 317 g/mol. The van der Waals surface area contributed by atoms with Crippen molar-refractivity contribution < 1.29 is 9.59 Å². The third kappa shape index (κ3) is 3.67. The first kappa shape index (κ1) is 15.6. The summed E-state index contributed by atoms with van der Waals surface area (Å²) in [6, 6.07) is 6.93. The highest BCUT2D eigenvalue weighted by atomic mass is 32.1. The Hall–Kier alpha value is -2.74. The average molecular weight is 317 g/mol. The molecule has 0 aliphatic carbocycles. The molecule has 1 aromatic carbocycles. The molecule has 0 aliphatic heterocycles. The van der Waals surface area contributed by atoms with E-state index in [1.165, 1.54) is 11.6 Å². The zero-order valence-corrected chi connectivity index (χ0v) is 12.9. The number of nitrogens with one attached hydrogen (secondary N) is 2. The summed E-state index contributed by atoms with van der Waals surface area (Å²) in [7, 11) is 1.67. The van der Waals surface area contributed by atoms with E-state index in [1.807, 2.05) is 0 Å². The number of hydrogen-bond donors (Lipinski definition) is 3. The van der Waals surface area contributed by atoms with Crippen LogP contribution in [0.5, 0.6) is 0 Å². The highest BCUT2D eigenvalue weighted by molar-refractivity contribution is 7.80. The fraction of sp³-hybridized carbons (Fsp3) is 0.143. The van der Waals surface area contributed by atoms with Crippen LogP contribution in [0.2, 0.25) is 0 Å². The molecule has 0 atom stereocenters. The Bertz CT molecular complexity index is 753. The molecule has 114 valence electrons. The van der Waals surface area contributed by atoms with Crippen LogP contribution in [0, 0.1) is 0 Å². The zero-order chi connectivity index (χ0) is 16.3. The third-order valence-corrected chi connectivity index (χ3v) is 3.04. The molecule has 4 N–H and O–H groups in total. The van der Waals surface area contributed by atoms with Gasteiger partial charge in [0.25, 0.3) is 5.91 Å². The first-order chi connectivity index (χ1) is 10.4. The fourth-order valence-corrected chi connectivity index (χ4v) is 2.09. The van der Waals surface area contributed by atoms with E-state index >= 15 is 0 Å². The molecule has 0 unspecified atom stereocenters. The number of carbonyl (C=O) groups is 2. The normalized spacial score (nSPS) is 10.1. The lowest BCUT2D eigenvalue weighted by Gasteiger charge is -2.10. The fourth-order valence-electron chi connectivity index (χ4n) is 1.86. The van der Waals surface area contributed by atoms with Crippen molar-refractivity contribution >= 4 is 40.4 Å². The number of primary amides is 1. The molecule has 0 saturated carbocycles. The Morgan fingerprint density at radius 3 is 2.68 bits per heavy atom. The van der Waals surface area contributed by atoms with Gasteiger partial charge in [-0.2, -0.15) is 5.10 Å². The molecular formula is C14H15N5O2S.